The lowest BCUT2D eigenvalue weighted by atomic mass is 9.59. The Bertz CT molecular complexity index is 666. The summed E-state index contributed by atoms with van der Waals surface area (Å²) in [6, 6.07) is 7.87. The van der Waals surface area contributed by atoms with Crippen LogP contribution in [0.25, 0.3) is 0 Å². The number of hydrogen-bond donors (Lipinski definition) is 1. The topological polar surface area (TPSA) is 46.5 Å². The van der Waals surface area contributed by atoms with Crippen LogP contribution in [0.1, 0.15) is 82.6 Å². The summed E-state index contributed by atoms with van der Waals surface area (Å²) in [6.07, 6.45) is 12.4. The molecule has 2 aliphatic rings. The summed E-state index contributed by atoms with van der Waals surface area (Å²) in [6.45, 7) is 2.56. The van der Waals surface area contributed by atoms with E-state index in [0.29, 0.717) is 11.3 Å². The molecule has 0 radical (unpaired) electrons. The summed E-state index contributed by atoms with van der Waals surface area (Å²) in [7, 11) is 0. The van der Waals surface area contributed by atoms with Gasteiger partial charge in [0, 0.05) is 0 Å². The van der Waals surface area contributed by atoms with E-state index in [4.69, 9.17) is 9.84 Å². The summed E-state index contributed by atoms with van der Waals surface area (Å²) in [4.78, 5) is 11.1. The van der Waals surface area contributed by atoms with Crippen LogP contribution in [0.5, 0.6) is 5.75 Å². The van der Waals surface area contributed by atoms with Gasteiger partial charge in [-0.1, -0.05) is 50.2 Å². The maximum atomic E-state index is 11.1. The van der Waals surface area contributed by atoms with E-state index in [0.717, 1.165) is 17.9 Å². The maximum absolute atomic E-state index is 11.1. The smallest absolute Gasteiger partial charge is 0.304 e. The molecular formula is C24H32O3. The van der Waals surface area contributed by atoms with Crippen LogP contribution in [0.15, 0.2) is 24.3 Å². The van der Waals surface area contributed by atoms with E-state index in [2.05, 4.69) is 11.8 Å². The van der Waals surface area contributed by atoms with Gasteiger partial charge in [0.15, 0.2) is 0 Å². The Labute approximate surface area is 163 Å². The van der Waals surface area contributed by atoms with Crippen LogP contribution in [0, 0.1) is 23.2 Å². The molecule has 1 unspecified atom stereocenters. The molecule has 146 valence electrons. The summed E-state index contributed by atoms with van der Waals surface area (Å²) in [5.41, 5.74) is 1.47. The molecule has 3 heteroatoms. The molecule has 1 aromatic rings. The molecule has 0 amide bonds. The highest BCUT2D eigenvalue weighted by molar-refractivity contribution is 5.69. The Kier molecular flexibility index (Phi) is 6.83. The normalized spacial score (nSPS) is 22.5. The van der Waals surface area contributed by atoms with Crippen LogP contribution in [0.2, 0.25) is 0 Å². The van der Waals surface area contributed by atoms with E-state index in [9.17, 15) is 4.79 Å². The second-order valence-electron chi connectivity index (χ2n) is 8.29. The molecule has 1 N–H and O–H groups in total. The highest BCUT2D eigenvalue weighted by atomic mass is 16.5. The molecule has 2 fully saturated rings. The predicted octanol–water partition coefficient (Wildman–Crippen LogP) is 5.79. The number of carbonyl (C=O) groups is 1. The van der Waals surface area contributed by atoms with Crippen LogP contribution in [0.3, 0.4) is 0 Å². The lowest BCUT2D eigenvalue weighted by Gasteiger charge is -2.46. The molecule has 3 nitrogen and oxygen atoms in total. The zero-order valence-corrected chi connectivity index (χ0v) is 16.5. The molecular weight excluding hydrogens is 336 g/mol. The third kappa shape index (κ3) is 5.06. The minimum Gasteiger partial charge on any atom is -0.493 e. The van der Waals surface area contributed by atoms with E-state index in [1.807, 2.05) is 24.3 Å². The van der Waals surface area contributed by atoms with Gasteiger partial charge >= 0.3 is 5.97 Å². The first kappa shape index (κ1) is 19.8. The third-order valence-corrected chi connectivity index (χ3v) is 6.62. The van der Waals surface area contributed by atoms with Gasteiger partial charge in [-0.25, -0.2) is 0 Å². The van der Waals surface area contributed by atoms with Gasteiger partial charge in [0.1, 0.15) is 5.75 Å². The van der Waals surface area contributed by atoms with Crippen molar-refractivity contribution < 1.29 is 14.6 Å². The first-order valence-electron chi connectivity index (χ1n) is 10.5. The summed E-state index contributed by atoms with van der Waals surface area (Å²) in [5, 5.41) is 9.08. The first-order chi connectivity index (χ1) is 13.1. The van der Waals surface area contributed by atoms with Crippen LogP contribution >= 0.6 is 0 Å². The lowest BCUT2D eigenvalue weighted by Crippen LogP contribution is -2.39. The lowest BCUT2D eigenvalue weighted by molar-refractivity contribution is -0.137. The number of hydrogen-bond acceptors (Lipinski definition) is 2. The number of benzene rings is 1. The van der Waals surface area contributed by atoms with Crippen molar-refractivity contribution in [2.45, 2.75) is 77.0 Å². The van der Waals surface area contributed by atoms with E-state index in [1.165, 1.54) is 57.8 Å². The molecule has 0 saturated heterocycles. The Balaban J connectivity index is 1.62. The van der Waals surface area contributed by atoms with Gasteiger partial charge in [-0.05, 0) is 61.6 Å². The van der Waals surface area contributed by atoms with Crippen LogP contribution < -0.4 is 4.74 Å². The van der Waals surface area contributed by atoms with Crippen molar-refractivity contribution in [1.29, 1.82) is 0 Å². The van der Waals surface area contributed by atoms with E-state index < -0.39 is 5.97 Å². The summed E-state index contributed by atoms with van der Waals surface area (Å²) in [5.74, 6) is 6.32. The minimum atomic E-state index is -0.821. The zero-order chi connectivity index (χ0) is 19.1. The van der Waals surface area contributed by atoms with Gasteiger partial charge < -0.3 is 9.84 Å². The van der Waals surface area contributed by atoms with E-state index >= 15 is 0 Å². The molecule has 2 aliphatic carbocycles. The van der Waals surface area contributed by atoms with Gasteiger partial charge in [-0.3, -0.25) is 4.79 Å². The molecule has 1 aromatic carbocycles. The largest absolute Gasteiger partial charge is 0.493 e. The molecule has 2 atom stereocenters. The average Bonchev–Trinajstić information content (AvgIpc) is 2.68. The Morgan fingerprint density at radius 2 is 1.81 bits per heavy atom. The zero-order valence-electron chi connectivity index (χ0n) is 16.5. The average molecular weight is 369 g/mol. The highest BCUT2D eigenvalue weighted by Crippen LogP contribution is 2.51. The van der Waals surface area contributed by atoms with Gasteiger partial charge in [0.25, 0.3) is 0 Å². The second kappa shape index (κ2) is 9.31. The molecule has 27 heavy (non-hydrogen) atoms. The summed E-state index contributed by atoms with van der Waals surface area (Å²) < 4.78 is 6.20. The molecule has 0 aliphatic heterocycles. The van der Waals surface area contributed by atoms with Gasteiger partial charge in [-0.2, -0.15) is 0 Å². The molecule has 3 rings (SSSR count). The molecule has 2 saturated carbocycles. The predicted molar refractivity (Wildman–Crippen MR) is 108 cm³/mol. The number of ether oxygens (including phenoxy) is 1. The van der Waals surface area contributed by atoms with Crippen molar-refractivity contribution in [3.05, 3.63) is 29.8 Å². The monoisotopic (exact) mass is 368 g/mol. The van der Waals surface area contributed by atoms with Crippen molar-refractivity contribution >= 4 is 5.97 Å². The fourth-order valence-electron chi connectivity index (χ4n) is 5.15. The summed E-state index contributed by atoms with van der Waals surface area (Å²) >= 11 is 0. The van der Waals surface area contributed by atoms with E-state index in [-0.39, 0.29) is 12.3 Å². The van der Waals surface area contributed by atoms with Crippen molar-refractivity contribution in [3.63, 3.8) is 0 Å². The number of carboxylic acid groups (broad SMARTS) is 1. The van der Waals surface area contributed by atoms with Crippen molar-refractivity contribution in [2.24, 2.45) is 11.3 Å². The van der Waals surface area contributed by atoms with Crippen molar-refractivity contribution in [2.75, 3.05) is 6.61 Å². The van der Waals surface area contributed by atoms with Crippen LogP contribution in [-0.4, -0.2) is 17.7 Å². The Morgan fingerprint density at radius 1 is 1.15 bits per heavy atom. The Morgan fingerprint density at radius 3 is 2.44 bits per heavy atom. The standard InChI is InChI=1S/C24H32O3/c1-2-8-20(17-23(25)26)19-10-12-22(13-11-19)27-18-21-9-4-7-16-24(21)14-5-3-6-15-24/h10-13,20-21H,3-7,9,14-18H2,1H3,(H,25,26)/t20-,21?/m0/s1. The van der Waals surface area contributed by atoms with Crippen LogP contribution in [0.4, 0.5) is 0 Å². The van der Waals surface area contributed by atoms with E-state index in [1.54, 1.807) is 6.92 Å². The van der Waals surface area contributed by atoms with Crippen molar-refractivity contribution in [1.82, 2.24) is 0 Å². The number of aliphatic carboxylic acids is 1. The van der Waals surface area contributed by atoms with Crippen LogP contribution in [-0.2, 0) is 4.79 Å². The second-order valence-corrected chi connectivity index (χ2v) is 8.29. The SMILES string of the molecule is CC#C[C@@H](CC(=O)O)c1ccc(OCC2CCCCC23CCCCC3)cc1. The fraction of sp³-hybridized carbons (Fsp3) is 0.625. The third-order valence-electron chi connectivity index (χ3n) is 6.62. The highest BCUT2D eigenvalue weighted by Gasteiger charge is 2.41. The quantitative estimate of drug-likeness (QED) is 0.647. The maximum Gasteiger partial charge on any atom is 0.304 e. The first-order valence-corrected chi connectivity index (χ1v) is 10.5. The fourth-order valence-corrected chi connectivity index (χ4v) is 5.15. The minimum absolute atomic E-state index is 0.0334. The van der Waals surface area contributed by atoms with Gasteiger partial charge in [0.2, 0.25) is 0 Å². The number of rotatable bonds is 6. The van der Waals surface area contributed by atoms with Crippen molar-refractivity contribution in [3.8, 4) is 17.6 Å². The molecule has 0 bridgehead atoms. The Hall–Kier alpha value is -1.95. The number of carboxylic acids is 1. The molecule has 1 spiro atoms. The van der Waals surface area contributed by atoms with Gasteiger partial charge in [-0.15, -0.1) is 5.92 Å². The van der Waals surface area contributed by atoms with Gasteiger partial charge in [0.05, 0.1) is 18.9 Å². The molecule has 0 heterocycles. The molecule has 0 aromatic heterocycles.